The SMILES string of the molecule is COc1ccc2c(c1N1CCC(N(C)CC3CCNCC3)CC1)n(C)c(=O)n2C1CCC(=O)NC1=O. The average molecular weight is 499 g/mol. The van der Waals surface area contributed by atoms with Crippen LogP contribution in [0.5, 0.6) is 5.75 Å². The number of imide groups is 1. The predicted molar refractivity (Wildman–Crippen MR) is 139 cm³/mol. The van der Waals surface area contributed by atoms with Gasteiger partial charge < -0.3 is 19.9 Å². The summed E-state index contributed by atoms with van der Waals surface area (Å²) >= 11 is 0. The Kier molecular flexibility index (Phi) is 7.07. The molecule has 196 valence electrons. The second kappa shape index (κ2) is 10.3. The lowest BCUT2D eigenvalue weighted by molar-refractivity contribution is -0.135. The number of methoxy groups -OCH3 is 1. The van der Waals surface area contributed by atoms with Crippen molar-refractivity contribution in [2.24, 2.45) is 13.0 Å². The summed E-state index contributed by atoms with van der Waals surface area (Å²) in [5.41, 5.74) is 2.11. The van der Waals surface area contributed by atoms with Crippen LogP contribution in [0.2, 0.25) is 0 Å². The number of hydrogen-bond acceptors (Lipinski definition) is 7. The topological polar surface area (TPSA) is 101 Å². The smallest absolute Gasteiger partial charge is 0.329 e. The lowest BCUT2D eigenvalue weighted by atomic mass is 9.95. The average Bonchev–Trinajstić information content (AvgIpc) is 3.14. The number of anilines is 1. The molecule has 0 spiro atoms. The molecule has 0 saturated carbocycles. The summed E-state index contributed by atoms with van der Waals surface area (Å²) in [5.74, 6) is 0.778. The first kappa shape index (κ1) is 24.8. The van der Waals surface area contributed by atoms with E-state index in [-0.39, 0.29) is 18.0 Å². The second-order valence-electron chi connectivity index (χ2n) is 10.5. The van der Waals surface area contributed by atoms with Crippen molar-refractivity contribution in [2.45, 2.75) is 50.6 Å². The third-order valence-electron chi connectivity index (χ3n) is 8.33. The number of benzene rings is 1. The Morgan fingerprint density at radius 1 is 1.06 bits per heavy atom. The zero-order valence-electron chi connectivity index (χ0n) is 21.6. The van der Waals surface area contributed by atoms with Crippen molar-refractivity contribution in [2.75, 3.05) is 51.8 Å². The van der Waals surface area contributed by atoms with Gasteiger partial charge in [-0.1, -0.05) is 0 Å². The molecule has 1 atom stereocenters. The molecule has 2 amide bonds. The summed E-state index contributed by atoms with van der Waals surface area (Å²) in [6, 6.07) is 3.57. The lowest BCUT2D eigenvalue weighted by Gasteiger charge is -2.40. The number of piperidine rings is 3. The Morgan fingerprint density at radius 3 is 2.44 bits per heavy atom. The molecule has 1 aromatic carbocycles. The fourth-order valence-electron chi connectivity index (χ4n) is 6.29. The number of carbonyl (C=O) groups excluding carboxylic acids is 2. The van der Waals surface area contributed by atoms with Gasteiger partial charge in [0.2, 0.25) is 11.8 Å². The van der Waals surface area contributed by atoms with Crippen LogP contribution in [-0.4, -0.2) is 78.8 Å². The van der Waals surface area contributed by atoms with Crippen molar-refractivity contribution in [1.82, 2.24) is 24.7 Å². The van der Waals surface area contributed by atoms with Crippen LogP contribution in [0.3, 0.4) is 0 Å². The standard InChI is InChI=1S/C26H38N6O4/c1-29(16-17-8-12-27-13-9-17)18-10-14-31(15-11-18)24-21(36-3)6-4-19-23(24)30(2)26(35)32(19)20-5-7-22(33)28-25(20)34/h4,6,17-18,20,27H,5,7-16H2,1-3H3,(H,28,33,34). The van der Waals surface area contributed by atoms with Crippen molar-refractivity contribution in [3.63, 3.8) is 0 Å². The third kappa shape index (κ3) is 4.52. The maximum atomic E-state index is 13.4. The molecule has 0 aliphatic carbocycles. The number of nitrogens with zero attached hydrogens (tertiary/aromatic N) is 4. The zero-order chi connectivity index (χ0) is 25.4. The van der Waals surface area contributed by atoms with Crippen LogP contribution in [-0.2, 0) is 16.6 Å². The van der Waals surface area contributed by atoms with Crippen LogP contribution in [0.25, 0.3) is 11.0 Å². The Bertz CT molecular complexity index is 1190. The van der Waals surface area contributed by atoms with Crippen molar-refractivity contribution < 1.29 is 14.3 Å². The maximum absolute atomic E-state index is 13.4. The van der Waals surface area contributed by atoms with E-state index in [1.165, 1.54) is 12.8 Å². The first-order valence-electron chi connectivity index (χ1n) is 13.2. The molecule has 36 heavy (non-hydrogen) atoms. The second-order valence-corrected chi connectivity index (χ2v) is 10.5. The molecule has 2 aromatic rings. The number of hydrogen-bond donors (Lipinski definition) is 2. The highest BCUT2D eigenvalue weighted by Crippen LogP contribution is 2.39. The largest absolute Gasteiger partial charge is 0.494 e. The number of imidazole rings is 1. The quantitative estimate of drug-likeness (QED) is 0.578. The molecule has 1 unspecified atom stereocenters. The van der Waals surface area contributed by atoms with Gasteiger partial charge in [-0.15, -0.1) is 0 Å². The van der Waals surface area contributed by atoms with Crippen molar-refractivity contribution >= 4 is 28.5 Å². The normalized spacial score (nSPS) is 22.4. The summed E-state index contributed by atoms with van der Waals surface area (Å²) in [7, 11) is 5.66. The van der Waals surface area contributed by atoms with Crippen molar-refractivity contribution in [3.8, 4) is 5.75 Å². The van der Waals surface area contributed by atoms with Crippen molar-refractivity contribution in [3.05, 3.63) is 22.6 Å². The molecule has 3 fully saturated rings. The van der Waals surface area contributed by atoms with Crippen LogP contribution >= 0.6 is 0 Å². The zero-order valence-corrected chi connectivity index (χ0v) is 21.6. The summed E-state index contributed by atoms with van der Waals surface area (Å²) < 4.78 is 8.92. The van der Waals surface area contributed by atoms with Crippen LogP contribution < -0.4 is 26.0 Å². The summed E-state index contributed by atoms with van der Waals surface area (Å²) in [4.78, 5) is 42.5. The number of nitrogens with one attached hydrogen (secondary N) is 2. The van der Waals surface area contributed by atoms with Gasteiger partial charge in [0.1, 0.15) is 17.5 Å². The molecule has 5 rings (SSSR count). The monoisotopic (exact) mass is 498 g/mol. The number of ether oxygens (including phenoxy) is 1. The molecule has 4 heterocycles. The minimum Gasteiger partial charge on any atom is -0.494 e. The van der Waals surface area contributed by atoms with Crippen LogP contribution in [0.1, 0.15) is 44.6 Å². The first-order valence-corrected chi connectivity index (χ1v) is 13.2. The van der Waals surface area contributed by atoms with Gasteiger partial charge in [0.05, 0.1) is 18.1 Å². The van der Waals surface area contributed by atoms with E-state index in [1.54, 1.807) is 23.3 Å². The molecule has 2 N–H and O–H groups in total. The van der Waals surface area contributed by atoms with E-state index in [0.717, 1.165) is 68.4 Å². The summed E-state index contributed by atoms with van der Waals surface area (Å²) in [6.45, 7) is 5.13. The molecule has 3 aliphatic rings. The van der Waals surface area contributed by atoms with E-state index in [0.29, 0.717) is 18.0 Å². The Labute approximate surface area is 211 Å². The van der Waals surface area contributed by atoms with E-state index in [1.807, 2.05) is 12.1 Å². The van der Waals surface area contributed by atoms with Gasteiger partial charge >= 0.3 is 5.69 Å². The van der Waals surface area contributed by atoms with Crippen LogP contribution in [0, 0.1) is 5.92 Å². The minimum absolute atomic E-state index is 0.223. The third-order valence-corrected chi connectivity index (χ3v) is 8.33. The number of fused-ring (bicyclic) bond motifs is 1. The van der Waals surface area contributed by atoms with E-state index in [2.05, 4.69) is 27.5 Å². The number of aryl methyl sites for hydroxylation is 1. The highest BCUT2D eigenvalue weighted by molar-refractivity contribution is 6.01. The molecule has 3 saturated heterocycles. The highest BCUT2D eigenvalue weighted by Gasteiger charge is 2.34. The fourth-order valence-corrected chi connectivity index (χ4v) is 6.29. The van der Waals surface area contributed by atoms with Gasteiger partial charge in [0.25, 0.3) is 0 Å². The predicted octanol–water partition coefficient (Wildman–Crippen LogP) is 1.23. The minimum atomic E-state index is -0.700. The van der Waals surface area contributed by atoms with Gasteiger partial charge in [-0.25, -0.2) is 4.79 Å². The highest BCUT2D eigenvalue weighted by atomic mass is 16.5. The number of rotatable bonds is 6. The Balaban J connectivity index is 1.41. The Morgan fingerprint density at radius 2 is 1.78 bits per heavy atom. The molecule has 10 heteroatoms. The van der Waals surface area contributed by atoms with Crippen LogP contribution in [0.4, 0.5) is 5.69 Å². The lowest BCUT2D eigenvalue weighted by Crippen LogP contribution is -2.46. The van der Waals surface area contributed by atoms with E-state index in [9.17, 15) is 14.4 Å². The van der Waals surface area contributed by atoms with E-state index >= 15 is 0 Å². The molecule has 0 radical (unpaired) electrons. The molecule has 3 aliphatic heterocycles. The van der Waals surface area contributed by atoms with Gasteiger partial charge in [0.15, 0.2) is 0 Å². The molecule has 10 nitrogen and oxygen atoms in total. The fraction of sp³-hybridized carbons (Fsp3) is 0.654. The molecular weight excluding hydrogens is 460 g/mol. The van der Waals surface area contributed by atoms with Gasteiger partial charge in [0, 0.05) is 39.1 Å². The van der Waals surface area contributed by atoms with Gasteiger partial charge in [-0.2, -0.15) is 0 Å². The Hall–Kier alpha value is -2.85. The van der Waals surface area contributed by atoms with Crippen molar-refractivity contribution in [1.29, 1.82) is 0 Å². The number of carbonyl (C=O) groups is 2. The molecule has 1 aromatic heterocycles. The van der Waals surface area contributed by atoms with Crippen LogP contribution in [0.15, 0.2) is 16.9 Å². The summed E-state index contributed by atoms with van der Waals surface area (Å²) in [6.07, 6.45) is 5.13. The van der Waals surface area contributed by atoms with E-state index < -0.39 is 11.9 Å². The number of aromatic nitrogens is 2. The molecular formula is C26H38N6O4. The first-order chi connectivity index (χ1) is 17.4. The van der Waals surface area contributed by atoms with Gasteiger partial charge in [-0.05, 0) is 70.3 Å². The molecule has 0 bridgehead atoms. The summed E-state index contributed by atoms with van der Waals surface area (Å²) in [5, 5.41) is 5.84. The van der Waals surface area contributed by atoms with E-state index in [4.69, 9.17) is 4.74 Å². The number of amides is 2. The maximum Gasteiger partial charge on any atom is 0.329 e. The van der Waals surface area contributed by atoms with Gasteiger partial charge in [-0.3, -0.25) is 24.0 Å².